The average molecular weight is 751 g/mol. The molecule has 0 aromatic heterocycles. The van der Waals surface area contributed by atoms with Crippen LogP contribution in [-0.4, -0.2) is 37.2 Å². The van der Waals surface area contributed by atoms with E-state index in [0.29, 0.717) is 19.3 Å². The predicted molar refractivity (Wildman–Crippen MR) is 224 cm³/mol. The summed E-state index contributed by atoms with van der Waals surface area (Å²) in [5.41, 5.74) is 0. The number of carbonyl (C=O) groups excluding carboxylic acids is 3. The van der Waals surface area contributed by atoms with Crippen molar-refractivity contribution in [3.8, 4) is 0 Å². The molecule has 0 aliphatic carbocycles. The van der Waals surface area contributed by atoms with Gasteiger partial charge in [-0.25, -0.2) is 0 Å². The second-order valence-corrected chi connectivity index (χ2v) is 16.0. The number of carbonyl (C=O) groups is 3. The first-order valence-corrected chi connectivity index (χ1v) is 23.5. The van der Waals surface area contributed by atoms with Gasteiger partial charge >= 0.3 is 17.9 Å². The summed E-state index contributed by atoms with van der Waals surface area (Å²) >= 11 is 0. The summed E-state index contributed by atoms with van der Waals surface area (Å²) in [6.45, 7) is 6.58. The highest BCUT2D eigenvalue weighted by Crippen LogP contribution is 2.16. The SMILES string of the molecule is CCCCCCCCCCCCCCCCCCCC(=O)OC[C@H](COC(=O)CCCCCCC)OC(=O)CCCCCCCCCCCCCCC. The maximum absolute atomic E-state index is 12.7. The van der Waals surface area contributed by atoms with Crippen LogP contribution in [0.5, 0.6) is 0 Å². The lowest BCUT2D eigenvalue weighted by atomic mass is 10.0. The molecule has 1 atom stereocenters. The summed E-state index contributed by atoms with van der Waals surface area (Å²) in [4.78, 5) is 37.5. The van der Waals surface area contributed by atoms with Crippen LogP contribution in [0.25, 0.3) is 0 Å². The molecule has 0 spiro atoms. The third-order valence-corrected chi connectivity index (χ3v) is 10.6. The molecule has 0 aromatic rings. The predicted octanol–water partition coefficient (Wildman–Crippen LogP) is 14.9. The number of rotatable bonds is 43. The van der Waals surface area contributed by atoms with Crippen molar-refractivity contribution in [2.75, 3.05) is 13.2 Å². The zero-order valence-corrected chi connectivity index (χ0v) is 35.8. The van der Waals surface area contributed by atoms with Gasteiger partial charge in [-0.2, -0.15) is 0 Å². The van der Waals surface area contributed by atoms with E-state index in [0.717, 1.165) is 64.2 Å². The van der Waals surface area contributed by atoms with Crippen molar-refractivity contribution in [3.63, 3.8) is 0 Å². The van der Waals surface area contributed by atoms with Crippen LogP contribution < -0.4 is 0 Å². The van der Waals surface area contributed by atoms with Crippen molar-refractivity contribution >= 4 is 17.9 Å². The normalized spacial score (nSPS) is 11.8. The van der Waals surface area contributed by atoms with Crippen LogP contribution in [0.3, 0.4) is 0 Å². The lowest BCUT2D eigenvalue weighted by Gasteiger charge is -2.18. The quantitative estimate of drug-likeness (QED) is 0.0351. The molecule has 0 aliphatic heterocycles. The van der Waals surface area contributed by atoms with Crippen LogP contribution in [0.2, 0.25) is 0 Å². The Kier molecular flexibility index (Phi) is 41.8. The van der Waals surface area contributed by atoms with Gasteiger partial charge in [-0.15, -0.1) is 0 Å². The van der Waals surface area contributed by atoms with Crippen LogP contribution in [-0.2, 0) is 28.6 Å². The Labute approximate surface area is 329 Å². The molecule has 0 bridgehead atoms. The van der Waals surface area contributed by atoms with E-state index in [1.54, 1.807) is 0 Å². The number of hydrogen-bond donors (Lipinski definition) is 0. The summed E-state index contributed by atoms with van der Waals surface area (Å²) in [6.07, 6.45) is 44.0. The van der Waals surface area contributed by atoms with Crippen LogP contribution >= 0.6 is 0 Å². The van der Waals surface area contributed by atoms with Crippen molar-refractivity contribution in [1.29, 1.82) is 0 Å². The Hall–Kier alpha value is -1.59. The minimum Gasteiger partial charge on any atom is -0.462 e. The molecule has 0 aliphatic rings. The minimum absolute atomic E-state index is 0.0636. The van der Waals surface area contributed by atoms with Gasteiger partial charge in [-0.3, -0.25) is 14.4 Å². The zero-order chi connectivity index (χ0) is 38.7. The van der Waals surface area contributed by atoms with Crippen LogP contribution in [0.4, 0.5) is 0 Å². The molecule has 0 aromatic carbocycles. The van der Waals surface area contributed by atoms with Gasteiger partial charge in [-0.05, 0) is 19.3 Å². The molecule has 53 heavy (non-hydrogen) atoms. The van der Waals surface area contributed by atoms with Crippen LogP contribution in [0.1, 0.15) is 265 Å². The van der Waals surface area contributed by atoms with Gasteiger partial charge in [0.05, 0.1) is 0 Å². The Morgan fingerprint density at radius 1 is 0.302 bits per heavy atom. The van der Waals surface area contributed by atoms with Gasteiger partial charge in [0.2, 0.25) is 0 Å². The van der Waals surface area contributed by atoms with E-state index in [4.69, 9.17) is 14.2 Å². The molecule has 0 heterocycles. The fourth-order valence-electron chi connectivity index (χ4n) is 7.03. The topological polar surface area (TPSA) is 78.9 Å². The van der Waals surface area contributed by atoms with Gasteiger partial charge < -0.3 is 14.2 Å². The van der Waals surface area contributed by atoms with Gasteiger partial charge in [0.25, 0.3) is 0 Å². The lowest BCUT2D eigenvalue weighted by Crippen LogP contribution is -2.30. The summed E-state index contributed by atoms with van der Waals surface area (Å²) < 4.78 is 16.6. The molecule has 0 N–H and O–H groups in total. The number of ether oxygens (including phenoxy) is 3. The van der Waals surface area contributed by atoms with Gasteiger partial charge in [0, 0.05) is 19.3 Å². The minimum atomic E-state index is -0.756. The van der Waals surface area contributed by atoms with E-state index in [-0.39, 0.29) is 31.1 Å². The van der Waals surface area contributed by atoms with Gasteiger partial charge in [0.15, 0.2) is 6.10 Å². The van der Waals surface area contributed by atoms with Crippen molar-refractivity contribution in [2.45, 2.75) is 271 Å². The first-order chi connectivity index (χ1) is 26.0. The number of hydrogen-bond acceptors (Lipinski definition) is 6. The van der Waals surface area contributed by atoms with Crippen molar-refractivity contribution < 1.29 is 28.6 Å². The largest absolute Gasteiger partial charge is 0.462 e. The molecule has 6 heteroatoms. The Balaban J connectivity index is 4.13. The molecule has 0 amide bonds. The third kappa shape index (κ3) is 41.4. The zero-order valence-electron chi connectivity index (χ0n) is 35.8. The third-order valence-electron chi connectivity index (χ3n) is 10.6. The first kappa shape index (κ1) is 51.4. The fraction of sp³-hybridized carbons (Fsp3) is 0.936. The Morgan fingerprint density at radius 3 is 0.755 bits per heavy atom. The summed E-state index contributed by atoms with van der Waals surface area (Å²) in [5, 5.41) is 0. The molecule has 0 radical (unpaired) electrons. The van der Waals surface area contributed by atoms with E-state index >= 15 is 0 Å². The molecular formula is C47H90O6. The molecule has 0 rings (SSSR count). The van der Waals surface area contributed by atoms with Crippen molar-refractivity contribution in [2.24, 2.45) is 0 Å². The number of unbranched alkanes of at least 4 members (excludes halogenated alkanes) is 32. The van der Waals surface area contributed by atoms with E-state index in [2.05, 4.69) is 20.8 Å². The molecule has 0 saturated carbocycles. The molecule has 314 valence electrons. The van der Waals surface area contributed by atoms with E-state index in [9.17, 15) is 14.4 Å². The molecule has 0 saturated heterocycles. The fourth-order valence-corrected chi connectivity index (χ4v) is 7.03. The number of esters is 3. The van der Waals surface area contributed by atoms with E-state index in [1.165, 1.54) is 161 Å². The molecular weight excluding hydrogens is 661 g/mol. The van der Waals surface area contributed by atoms with Crippen LogP contribution in [0, 0.1) is 0 Å². The highest BCUT2D eigenvalue weighted by Gasteiger charge is 2.19. The Morgan fingerprint density at radius 2 is 0.509 bits per heavy atom. The van der Waals surface area contributed by atoms with E-state index < -0.39 is 6.10 Å². The summed E-state index contributed by atoms with van der Waals surface area (Å²) in [5.74, 6) is -0.863. The smallest absolute Gasteiger partial charge is 0.306 e. The highest BCUT2D eigenvalue weighted by atomic mass is 16.6. The highest BCUT2D eigenvalue weighted by molar-refractivity contribution is 5.71. The molecule has 0 unspecified atom stereocenters. The maximum Gasteiger partial charge on any atom is 0.306 e. The van der Waals surface area contributed by atoms with Gasteiger partial charge in [0.1, 0.15) is 13.2 Å². The van der Waals surface area contributed by atoms with Gasteiger partial charge in [-0.1, -0.05) is 226 Å². The van der Waals surface area contributed by atoms with E-state index in [1.807, 2.05) is 0 Å². The Bertz CT molecular complexity index is 783. The maximum atomic E-state index is 12.7. The average Bonchev–Trinajstić information content (AvgIpc) is 3.15. The van der Waals surface area contributed by atoms with Crippen molar-refractivity contribution in [1.82, 2.24) is 0 Å². The lowest BCUT2D eigenvalue weighted by molar-refractivity contribution is -0.167. The van der Waals surface area contributed by atoms with Crippen molar-refractivity contribution in [3.05, 3.63) is 0 Å². The second-order valence-electron chi connectivity index (χ2n) is 16.0. The second kappa shape index (κ2) is 43.1. The summed E-state index contributed by atoms with van der Waals surface area (Å²) in [7, 11) is 0. The first-order valence-electron chi connectivity index (χ1n) is 23.5. The summed E-state index contributed by atoms with van der Waals surface area (Å²) in [6, 6.07) is 0. The van der Waals surface area contributed by atoms with Crippen LogP contribution in [0.15, 0.2) is 0 Å². The molecule has 6 nitrogen and oxygen atoms in total. The molecule has 0 fully saturated rings. The standard InChI is InChI=1S/C47H90O6/c1-4-7-10-13-15-17-19-21-22-23-24-26-27-29-31-34-37-40-46(49)52-43-44(42-51-45(48)39-36-33-12-9-6-3)53-47(50)41-38-35-32-30-28-25-20-18-16-14-11-8-5-2/h44H,4-43H2,1-3H3/t44-/m0/s1. The monoisotopic (exact) mass is 751 g/mol.